The summed E-state index contributed by atoms with van der Waals surface area (Å²) >= 11 is 3.35. The van der Waals surface area contributed by atoms with E-state index in [0.717, 1.165) is 12.1 Å². The molecule has 0 saturated carbocycles. The van der Waals surface area contributed by atoms with Gasteiger partial charge in [0.25, 0.3) is 0 Å². The van der Waals surface area contributed by atoms with Crippen LogP contribution in [0, 0.1) is 6.92 Å². The van der Waals surface area contributed by atoms with Crippen LogP contribution in [0.2, 0.25) is 0 Å². The van der Waals surface area contributed by atoms with Gasteiger partial charge in [-0.05, 0) is 36.1 Å². The Morgan fingerprint density at radius 1 is 1.32 bits per heavy atom. The van der Waals surface area contributed by atoms with Gasteiger partial charge in [-0.1, -0.05) is 30.0 Å². The lowest BCUT2D eigenvalue weighted by Crippen LogP contribution is -2.18. The maximum Gasteiger partial charge on any atom is 0.155 e. The van der Waals surface area contributed by atoms with Crippen molar-refractivity contribution in [3.63, 3.8) is 0 Å². The van der Waals surface area contributed by atoms with Crippen molar-refractivity contribution >= 4 is 40.2 Å². The van der Waals surface area contributed by atoms with E-state index in [2.05, 4.69) is 46.5 Å². The van der Waals surface area contributed by atoms with Crippen LogP contribution in [0.4, 0.5) is 0 Å². The lowest BCUT2D eigenvalue weighted by atomic mass is 9.96. The summed E-state index contributed by atoms with van der Waals surface area (Å²) in [4.78, 5) is 14.7. The molecule has 0 fully saturated rings. The maximum atomic E-state index is 6.15. The van der Waals surface area contributed by atoms with Gasteiger partial charge >= 0.3 is 0 Å². The molecule has 2 aliphatic heterocycles. The molecule has 1 aromatic carbocycles. The SMILES string of the molecule is Cc1ncsc1[C@@H]1C[C@@H](c2cccc(C3=CNC=NC3)c2)N=C(N)S1. The topological polar surface area (TPSA) is 75.7 Å². The molecule has 0 unspecified atom stereocenters. The van der Waals surface area contributed by atoms with E-state index >= 15 is 0 Å². The fourth-order valence-corrected chi connectivity index (χ4v) is 5.27. The molecule has 25 heavy (non-hydrogen) atoms. The number of thiazole rings is 1. The summed E-state index contributed by atoms with van der Waals surface area (Å²) in [6.07, 6.45) is 4.66. The lowest BCUT2D eigenvalue weighted by molar-refractivity contribution is 0.641. The van der Waals surface area contributed by atoms with Gasteiger partial charge in [-0.15, -0.1) is 11.3 Å². The quantitative estimate of drug-likeness (QED) is 0.866. The van der Waals surface area contributed by atoms with Gasteiger partial charge in [0.1, 0.15) is 0 Å². The Bertz CT molecular complexity index is 868. The molecule has 1 aromatic heterocycles. The molecule has 0 spiro atoms. The van der Waals surface area contributed by atoms with Gasteiger partial charge in [-0.3, -0.25) is 9.98 Å². The number of amidine groups is 1. The first-order chi connectivity index (χ1) is 12.2. The number of hydrogen-bond acceptors (Lipinski definition) is 7. The predicted octanol–water partition coefficient (Wildman–Crippen LogP) is 3.66. The van der Waals surface area contributed by atoms with Crippen LogP contribution >= 0.6 is 23.1 Å². The van der Waals surface area contributed by atoms with Crippen LogP contribution in [-0.4, -0.2) is 23.0 Å². The molecule has 5 nitrogen and oxygen atoms in total. The van der Waals surface area contributed by atoms with Crippen molar-refractivity contribution in [3.05, 3.63) is 57.7 Å². The Kier molecular flexibility index (Phi) is 4.59. The van der Waals surface area contributed by atoms with Gasteiger partial charge in [0, 0.05) is 11.1 Å². The Morgan fingerprint density at radius 2 is 2.24 bits per heavy atom. The van der Waals surface area contributed by atoms with E-state index in [1.165, 1.54) is 21.6 Å². The number of hydrogen-bond donors (Lipinski definition) is 2. The number of rotatable bonds is 3. The molecule has 0 bridgehead atoms. The van der Waals surface area contributed by atoms with Gasteiger partial charge in [0.15, 0.2) is 5.17 Å². The van der Waals surface area contributed by atoms with Crippen LogP contribution in [0.3, 0.4) is 0 Å². The van der Waals surface area contributed by atoms with Crippen molar-refractivity contribution in [2.45, 2.75) is 24.6 Å². The second kappa shape index (κ2) is 7.01. The van der Waals surface area contributed by atoms with E-state index < -0.39 is 0 Å². The highest BCUT2D eigenvalue weighted by Gasteiger charge is 2.28. The zero-order valence-electron chi connectivity index (χ0n) is 13.8. The molecule has 0 radical (unpaired) electrons. The highest BCUT2D eigenvalue weighted by molar-refractivity contribution is 8.14. The molecular formula is C18H19N5S2. The number of nitrogens with one attached hydrogen (secondary N) is 1. The number of nitrogens with zero attached hydrogens (tertiary/aromatic N) is 3. The maximum absolute atomic E-state index is 6.15. The molecule has 3 N–H and O–H groups in total. The van der Waals surface area contributed by atoms with E-state index in [1.807, 2.05) is 11.7 Å². The van der Waals surface area contributed by atoms with Crippen molar-refractivity contribution < 1.29 is 0 Å². The molecule has 128 valence electrons. The third-order valence-electron chi connectivity index (χ3n) is 4.39. The summed E-state index contributed by atoms with van der Waals surface area (Å²) in [6, 6.07) is 8.63. The highest BCUT2D eigenvalue weighted by atomic mass is 32.2. The van der Waals surface area contributed by atoms with Crippen molar-refractivity contribution in [2.24, 2.45) is 15.7 Å². The van der Waals surface area contributed by atoms with Crippen LogP contribution < -0.4 is 11.1 Å². The predicted molar refractivity (Wildman–Crippen MR) is 107 cm³/mol. The Labute approximate surface area is 155 Å². The first kappa shape index (κ1) is 16.4. The lowest BCUT2D eigenvalue weighted by Gasteiger charge is -2.26. The highest BCUT2D eigenvalue weighted by Crippen LogP contribution is 2.45. The number of benzene rings is 1. The van der Waals surface area contributed by atoms with Crippen molar-refractivity contribution in [3.8, 4) is 0 Å². The number of thioether (sulfide) groups is 1. The van der Waals surface area contributed by atoms with E-state index in [1.54, 1.807) is 29.4 Å². The van der Waals surface area contributed by atoms with Gasteiger partial charge in [0.2, 0.25) is 0 Å². The zero-order chi connectivity index (χ0) is 17.2. The Hall–Kier alpha value is -2.12. The molecule has 3 heterocycles. The van der Waals surface area contributed by atoms with Gasteiger partial charge in [-0.25, -0.2) is 4.98 Å². The monoisotopic (exact) mass is 369 g/mol. The largest absolute Gasteiger partial charge is 0.379 e. The smallest absolute Gasteiger partial charge is 0.155 e. The fourth-order valence-electron chi connectivity index (χ4n) is 3.13. The van der Waals surface area contributed by atoms with Crippen LogP contribution in [0.15, 0.2) is 46.0 Å². The van der Waals surface area contributed by atoms with E-state index in [0.29, 0.717) is 17.0 Å². The summed E-state index contributed by atoms with van der Waals surface area (Å²) in [7, 11) is 0. The van der Waals surface area contributed by atoms with Crippen molar-refractivity contribution in [1.82, 2.24) is 10.3 Å². The molecule has 2 atom stereocenters. The van der Waals surface area contributed by atoms with E-state index in [9.17, 15) is 0 Å². The summed E-state index contributed by atoms with van der Waals surface area (Å²) in [5.74, 6) is 0. The minimum absolute atomic E-state index is 0.0772. The summed E-state index contributed by atoms with van der Waals surface area (Å²) < 4.78 is 0. The second-order valence-electron chi connectivity index (χ2n) is 6.06. The average molecular weight is 370 g/mol. The van der Waals surface area contributed by atoms with Gasteiger partial charge in [-0.2, -0.15) is 0 Å². The summed E-state index contributed by atoms with van der Waals surface area (Å²) in [6.45, 7) is 2.76. The summed E-state index contributed by atoms with van der Waals surface area (Å²) in [5.41, 5.74) is 12.7. The van der Waals surface area contributed by atoms with Gasteiger partial charge < -0.3 is 11.1 Å². The molecule has 0 amide bonds. The average Bonchev–Trinajstić information content (AvgIpc) is 3.08. The number of nitrogens with two attached hydrogens (primary N) is 1. The molecule has 0 saturated heterocycles. The van der Waals surface area contributed by atoms with Gasteiger partial charge in [0.05, 0.1) is 35.4 Å². The van der Waals surface area contributed by atoms with E-state index in [-0.39, 0.29) is 6.04 Å². The molecule has 2 aromatic rings. The Balaban J connectivity index is 1.62. The number of aromatic nitrogens is 1. The third kappa shape index (κ3) is 3.48. The third-order valence-corrected chi connectivity index (χ3v) is 6.64. The molecular weight excluding hydrogens is 350 g/mol. The zero-order valence-corrected chi connectivity index (χ0v) is 15.5. The molecule has 4 rings (SSSR count). The normalized spacial score (nSPS) is 22.9. The minimum Gasteiger partial charge on any atom is -0.379 e. The molecule has 2 aliphatic rings. The number of aliphatic imine (C=N–C) groups is 2. The fraction of sp³-hybridized carbons (Fsp3) is 0.278. The van der Waals surface area contributed by atoms with Crippen molar-refractivity contribution in [1.29, 1.82) is 0 Å². The van der Waals surface area contributed by atoms with E-state index in [4.69, 9.17) is 10.7 Å². The summed E-state index contributed by atoms with van der Waals surface area (Å²) in [5, 5.41) is 4.03. The van der Waals surface area contributed by atoms with Crippen LogP contribution in [-0.2, 0) is 0 Å². The van der Waals surface area contributed by atoms with Crippen LogP contribution in [0.5, 0.6) is 0 Å². The number of aryl methyl sites for hydroxylation is 1. The minimum atomic E-state index is 0.0772. The first-order valence-electron chi connectivity index (χ1n) is 8.14. The van der Waals surface area contributed by atoms with Crippen LogP contribution in [0.25, 0.3) is 5.57 Å². The first-order valence-corrected chi connectivity index (χ1v) is 9.90. The molecule has 7 heteroatoms. The second-order valence-corrected chi connectivity index (χ2v) is 8.17. The standard InChI is InChI=1S/C18H19N5S2/c1-11-17(24-10-22-11)16-6-15(23-18(19)25-16)13-4-2-3-12(5-13)14-7-20-9-21-8-14/h2-5,7,9-10,15-16H,6,8H2,1H3,(H2,19,23)(H,20,21)/t15-,16-/m0/s1. The van der Waals surface area contributed by atoms with Crippen LogP contribution in [0.1, 0.15) is 39.4 Å². The molecule has 0 aliphatic carbocycles. The Morgan fingerprint density at radius 3 is 3.00 bits per heavy atom. The van der Waals surface area contributed by atoms with Crippen molar-refractivity contribution in [2.75, 3.05) is 6.54 Å².